The van der Waals surface area contributed by atoms with Gasteiger partial charge in [0.25, 0.3) is 0 Å². The van der Waals surface area contributed by atoms with Gasteiger partial charge in [-0.3, -0.25) is 14.6 Å². The van der Waals surface area contributed by atoms with Crippen LogP contribution in [0.15, 0.2) is 18.5 Å². The van der Waals surface area contributed by atoms with E-state index in [4.69, 9.17) is 0 Å². The Morgan fingerprint density at radius 3 is 3.00 bits per heavy atom. The summed E-state index contributed by atoms with van der Waals surface area (Å²) in [5, 5.41) is 0.745. The zero-order chi connectivity index (χ0) is 10.1. The van der Waals surface area contributed by atoms with Gasteiger partial charge in [-0.1, -0.05) is 0 Å². The van der Waals surface area contributed by atoms with Crippen molar-refractivity contribution in [1.29, 1.82) is 0 Å². The molecule has 0 spiro atoms. The van der Waals surface area contributed by atoms with E-state index in [1.807, 2.05) is 0 Å². The minimum absolute atomic E-state index is 0.121. The van der Waals surface area contributed by atoms with Crippen LogP contribution < -0.4 is 0 Å². The van der Waals surface area contributed by atoms with E-state index in [2.05, 4.69) is 9.97 Å². The van der Waals surface area contributed by atoms with Crippen molar-refractivity contribution in [2.24, 2.45) is 0 Å². The Bertz CT molecular complexity index is 514. The molecule has 14 heavy (non-hydrogen) atoms. The van der Waals surface area contributed by atoms with Gasteiger partial charge >= 0.3 is 0 Å². The Morgan fingerprint density at radius 2 is 2.36 bits per heavy atom. The van der Waals surface area contributed by atoms with Crippen LogP contribution >= 0.6 is 0 Å². The third-order valence-electron chi connectivity index (χ3n) is 2.10. The minimum atomic E-state index is -0.121. The van der Waals surface area contributed by atoms with Crippen molar-refractivity contribution in [1.82, 2.24) is 9.97 Å². The van der Waals surface area contributed by atoms with E-state index in [9.17, 15) is 9.59 Å². The van der Waals surface area contributed by atoms with Crippen LogP contribution in [0.1, 0.15) is 27.8 Å². The fourth-order valence-electron chi connectivity index (χ4n) is 1.53. The maximum Gasteiger partial charge on any atom is 0.167 e. The third kappa shape index (κ3) is 1.12. The minimum Gasteiger partial charge on any atom is -0.350 e. The van der Waals surface area contributed by atoms with Crippen LogP contribution in [-0.4, -0.2) is 22.0 Å². The fourth-order valence-corrected chi connectivity index (χ4v) is 1.53. The lowest BCUT2D eigenvalue weighted by Crippen LogP contribution is -1.95. The van der Waals surface area contributed by atoms with Crippen LogP contribution in [0.3, 0.4) is 0 Å². The Labute approximate surface area is 80.0 Å². The number of nitrogens with one attached hydrogen (secondary N) is 1. The first-order valence-electron chi connectivity index (χ1n) is 4.16. The molecule has 4 heteroatoms. The van der Waals surface area contributed by atoms with Gasteiger partial charge in [-0.25, -0.2) is 0 Å². The van der Waals surface area contributed by atoms with Gasteiger partial charge in [-0.05, 0) is 13.0 Å². The zero-order valence-electron chi connectivity index (χ0n) is 7.57. The number of rotatable bonds is 2. The second-order valence-electron chi connectivity index (χ2n) is 3.01. The molecule has 4 nitrogen and oxygen atoms in total. The normalized spacial score (nSPS) is 10.4. The highest BCUT2D eigenvalue weighted by Crippen LogP contribution is 2.20. The maximum absolute atomic E-state index is 11.3. The summed E-state index contributed by atoms with van der Waals surface area (Å²) < 4.78 is 0. The number of fused-ring (bicyclic) bond motifs is 1. The molecule has 2 aromatic rings. The number of hydrogen-bond acceptors (Lipinski definition) is 3. The number of carbonyl (C=O) groups is 2. The van der Waals surface area contributed by atoms with Crippen molar-refractivity contribution in [3.8, 4) is 0 Å². The third-order valence-corrected chi connectivity index (χ3v) is 2.10. The van der Waals surface area contributed by atoms with Crippen LogP contribution in [0.2, 0.25) is 0 Å². The Hall–Kier alpha value is -1.97. The Kier molecular flexibility index (Phi) is 1.89. The summed E-state index contributed by atoms with van der Waals surface area (Å²) >= 11 is 0. The summed E-state index contributed by atoms with van der Waals surface area (Å²) in [6, 6.07) is 1.72. The van der Waals surface area contributed by atoms with Gasteiger partial charge < -0.3 is 4.98 Å². The number of H-pyrrole nitrogens is 1. The highest BCUT2D eigenvalue weighted by molar-refractivity contribution is 6.12. The molecule has 0 saturated carbocycles. The molecule has 0 aliphatic heterocycles. The first-order chi connectivity index (χ1) is 6.74. The number of ketones is 1. The Balaban J connectivity index is 2.87. The van der Waals surface area contributed by atoms with Gasteiger partial charge in [0.1, 0.15) is 0 Å². The number of pyridine rings is 1. The van der Waals surface area contributed by atoms with Gasteiger partial charge in [0.15, 0.2) is 12.1 Å². The number of aromatic amines is 1. The van der Waals surface area contributed by atoms with Gasteiger partial charge in [-0.2, -0.15) is 0 Å². The fraction of sp³-hybridized carbons (Fsp3) is 0.100. The van der Waals surface area contributed by atoms with Crippen LogP contribution in [0.25, 0.3) is 10.9 Å². The lowest BCUT2D eigenvalue weighted by Gasteiger charge is -1.92. The van der Waals surface area contributed by atoms with Crippen molar-refractivity contribution in [3.63, 3.8) is 0 Å². The molecule has 1 N–H and O–H groups in total. The lowest BCUT2D eigenvalue weighted by atomic mass is 10.1. The molecule has 0 saturated heterocycles. The van der Waals surface area contributed by atoms with E-state index in [1.54, 1.807) is 18.5 Å². The topological polar surface area (TPSA) is 62.8 Å². The quantitative estimate of drug-likeness (QED) is 0.574. The van der Waals surface area contributed by atoms with Gasteiger partial charge in [0, 0.05) is 11.6 Å². The summed E-state index contributed by atoms with van der Waals surface area (Å²) in [6.45, 7) is 1.44. The van der Waals surface area contributed by atoms with E-state index in [1.165, 1.54) is 6.92 Å². The smallest absolute Gasteiger partial charge is 0.167 e. The number of aromatic nitrogens is 2. The number of nitrogens with zero attached hydrogens (tertiary/aromatic N) is 1. The predicted octanol–water partition coefficient (Wildman–Crippen LogP) is 1.58. The van der Waals surface area contributed by atoms with E-state index in [0.29, 0.717) is 23.1 Å². The summed E-state index contributed by atoms with van der Waals surface area (Å²) in [6.07, 6.45) is 3.84. The predicted molar refractivity (Wildman–Crippen MR) is 51.5 cm³/mol. The molecular weight excluding hydrogens is 180 g/mol. The van der Waals surface area contributed by atoms with Crippen LogP contribution in [0.5, 0.6) is 0 Å². The van der Waals surface area contributed by atoms with Crippen LogP contribution in [0, 0.1) is 0 Å². The standard InChI is InChI=1S/C10H8N2O2/c1-6(14)10-7-2-3-11-4-8(7)12-9(10)5-13/h2-5,12H,1H3. The van der Waals surface area contributed by atoms with Crippen molar-refractivity contribution >= 4 is 23.0 Å². The molecule has 2 aromatic heterocycles. The molecule has 0 unspecified atom stereocenters. The molecule has 70 valence electrons. The molecule has 0 aliphatic rings. The van der Waals surface area contributed by atoms with Crippen molar-refractivity contribution in [2.45, 2.75) is 6.92 Å². The van der Waals surface area contributed by atoms with E-state index in [-0.39, 0.29) is 5.78 Å². The van der Waals surface area contributed by atoms with Gasteiger partial charge in [-0.15, -0.1) is 0 Å². The van der Waals surface area contributed by atoms with E-state index < -0.39 is 0 Å². The zero-order valence-corrected chi connectivity index (χ0v) is 7.57. The highest BCUT2D eigenvalue weighted by atomic mass is 16.1. The summed E-state index contributed by atoms with van der Waals surface area (Å²) in [5.74, 6) is -0.121. The average molecular weight is 188 g/mol. The average Bonchev–Trinajstić information content (AvgIpc) is 2.55. The SMILES string of the molecule is CC(=O)c1c(C=O)[nH]c2cnccc12. The van der Waals surface area contributed by atoms with E-state index in [0.717, 1.165) is 5.39 Å². The summed E-state index contributed by atoms with van der Waals surface area (Å²) in [5.41, 5.74) is 1.47. The molecule has 2 rings (SSSR count). The number of aldehydes is 1. The molecule has 0 radical (unpaired) electrons. The highest BCUT2D eigenvalue weighted by Gasteiger charge is 2.13. The van der Waals surface area contributed by atoms with E-state index >= 15 is 0 Å². The molecule has 0 aromatic carbocycles. The van der Waals surface area contributed by atoms with Crippen molar-refractivity contribution in [2.75, 3.05) is 0 Å². The number of hydrogen-bond donors (Lipinski definition) is 1. The van der Waals surface area contributed by atoms with Gasteiger partial charge in [0.2, 0.25) is 0 Å². The molecule has 2 heterocycles. The number of carbonyl (C=O) groups excluding carboxylic acids is 2. The molecule has 0 amide bonds. The van der Waals surface area contributed by atoms with Gasteiger partial charge in [0.05, 0.1) is 23.0 Å². The second kappa shape index (κ2) is 3.06. The largest absolute Gasteiger partial charge is 0.350 e. The van der Waals surface area contributed by atoms with Crippen molar-refractivity contribution in [3.05, 3.63) is 29.7 Å². The summed E-state index contributed by atoms with van der Waals surface area (Å²) in [4.78, 5) is 28.7. The lowest BCUT2D eigenvalue weighted by molar-refractivity contribution is 0.101. The molecular formula is C10H8N2O2. The van der Waals surface area contributed by atoms with Crippen LogP contribution in [0.4, 0.5) is 0 Å². The van der Waals surface area contributed by atoms with Crippen LogP contribution in [-0.2, 0) is 0 Å². The maximum atomic E-state index is 11.3. The molecule has 0 bridgehead atoms. The number of Topliss-reactive ketones (excluding diaryl/α,β-unsaturated/α-hetero) is 1. The van der Waals surface area contributed by atoms with Crippen molar-refractivity contribution < 1.29 is 9.59 Å². The molecule has 0 aliphatic carbocycles. The second-order valence-corrected chi connectivity index (χ2v) is 3.01. The summed E-state index contributed by atoms with van der Waals surface area (Å²) in [7, 11) is 0. The molecule has 0 atom stereocenters. The monoisotopic (exact) mass is 188 g/mol. The Morgan fingerprint density at radius 1 is 1.57 bits per heavy atom. The first-order valence-corrected chi connectivity index (χ1v) is 4.16. The molecule has 0 fully saturated rings. The first kappa shape index (κ1) is 8.62.